The molecule has 4 nitrogen and oxygen atoms in total. The van der Waals surface area contributed by atoms with Crippen LogP contribution in [0.4, 0.5) is 0 Å². The molecule has 5 heteroatoms. The Morgan fingerprint density at radius 1 is 1.03 bits per heavy atom. The van der Waals surface area contributed by atoms with Gasteiger partial charge in [-0.05, 0) is 48.1 Å². The molecular formula is C24H24N2O2S. The zero-order chi connectivity index (χ0) is 20.6. The Kier molecular flexibility index (Phi) is 6.98. The van der Waals surface area contributed by atoms with Crippen molar-refractivity contribution in [3.05, 3.63) is 99.4 Å². The van der Waals surface area contributed by atoms with Gasteiger partial charge in [-0.15, -0.1) is 11.3 Å². The monoisotopic (exact) mass is 404 g/mol. The number of hydrogen-bond acceptors (Lipinski definition) is 3. The van der Waals surface area contributed by atoms with E-state index in [-0.39, 0.29) is 23.4 Å². The molecular weight excluding hydrogens is 380 g/mol. The van der Waals surface area contributed by atoms with Gasteiger partial charge >= 0.3 is 0 Å². The number of nitrogens with one attached hydrogen (secondary N) is 2. The Morgan fingerprint density at radius 2 is 1.83 bits per heavy atom. The van der Waals surface area contributed by atoms with Gasteiger partial charge in [-0.1, -0.05) is 61.0 Å². The van der Waals surface area contributed by atoms with Crippen molar-refractivity contribution in [3.8, 4) is 0 Å². The summed E-state index contributed by atoms with van der Waals surface area (Å²) in [6.45, 7) is 4.46. The Balaban J connectivity index is 1.73. The Morgan fingerprint density at radius 3 is 2.52 bits per heavy atom. The van der Waals surface area contributed by atoms with Crippen molar-refractivity contribution in [1.82, 2.24) is 10.6 Å². The third kappa shape index (κ3) is 5.90. The molecule has 2 amide bonds. The minimum absolute atomic E-state index is 0.163. The third-order valence-corrected chi connectivity index (χ3v) is 5.36. The lowest BCUT2D eigenvalue weighted by molar-refractivity contribution is -0.117. The minimum atomic E-state index is -0.304. The van der Waals surface area contributed by atoms with E-state index in [1.165, 1.54) is 11.3 Å². The second-order valence-electron chi connectivity index (χ2n) is 6.92. The van der Waals surface area contributed by atoms with E-state index in [0.29, 0.717) is 12.1 Å². The molecule has 2 aromatic carbocycles. The first-order valence-electron chi connectivity index (χ1n) is 9.49. The summed E-state index contributed by atoms with van der Waals surface area (Å²) in [6.07, 6.45) is 1.71. The van der Waals surface area contributed by atoms with Gasteiger partial charge in [-0.2, -0.15) is 0 Å². The molecule has 0 saturated carbocycles. The summed E-state index contributed by atoms with van der Waals surface area (Å²) in [6, 6.07) is 21.1. The Hall–Kier alpha value is -3.18. The molecule has 0 fully saturated rings. The molecule has 2 N–H and O–H groups in total. The zero-order valence-corrected chi connectivity index (χ0v) is 17.3. The predicted molar refractivity (Wildman–Crippen MR) is 119 cm³/mol. The number of amides is 2. The van der Waals surface area contributed by atoms with E-state index in [1.54, 1.807) is 18.2 Å². The van der Waals surface area contributed by atoms with Crippen molar-refractivity contribution in [1.29, 1.82) is 0 Å². The van der Waals surface area contributed by atoms with Gasteiger partial charge in [0.2, 0.25) is 0 Å². The van der Waals surface area contributed by atoms with E-state index >= 15 is 0 Å². The highest BCUT2D eigenvalue weighted by molar-refractivity contribution is 7.10. The maximum absolute atomic E-state index is 12.8. The number of thiophene rings is 1. The van der Waals surface area contributed by atoms with Crippen LogP contribution in [0.25, 0.3) is 6.08 Å². The van der Waals surface area contributed by atoms with Gasteiger partial charge in [0.15, 0.2) is 0 Å². The number of aryl methyl sites for hydroxylation is 1. The summed E-state index contributed by atoms with van der Waals surface area (Å²) in [5.41, 5.74) is 2.90. The van der Waals surface area contributed by atoms with E-state index in [4.69, 9.17) is 0 Å². The van der Waals surface area contributed by atoms with Gasteiger partial charge in [0.25, 0.3) is 11.8 Å². The van der Waals surface area contributed by atoms with Gasteiger partial charge in [-0.25, -0.2) is 0 Å². The quantitative estimate of drug-likeness (QED) is 0.559. The van der Waals surface area contributed by atoms with E-state index in [9.17, 15) is 9.59 Å². The van der Waals surface area contributed by atoms with Crippen LogP contribution >= 0.6 is 11.3 Å². The topological polar surface area (TPSA) is 58.2 Å². The number of hydrogen-bond donors (Lipinski definition) is 2. The molecule has 3 rings (SSSR count). The van der Waals surface area contributed by atoms with Gasteiger partial charge in [0, 0.05) is 17.0 Å². The molecule has 0 aliphatic heterocycles. The van der Waals surface area contributed by atoms with Crippen molar-refractivity contribution >= 4 is 29.2 Å². The van der Waals surface area contributed by atoms with Gasteiger partial charge in [0.05, 0.1) is 0 Å². The van der Waals surface area contributed by atoms with E-state index in [2.05, 4.69) is 17.6 Å². The van der Waals surface area contributed by atoms with Crippen LogP contribution in [0, 0.1) is 6.92 Å². The average Bonchev–Trinajstić information content (AvgIpc) is 3.25. The second kappa shape index (κ2) is 9.85. The number of benzene rings is 2. The largest absolute Gasteiger partial charge is 0.350 e. The third-order valence-electron chi connectivity index (χ3n) is 4.54. The molecule has 3 aromatic rings. The smallest absolute Gasteiger partial charge is 0.267 e. The fraction of sp³-hybridized carbons (Fsp3) is 0.167. The maximum atomic E-state index is 12.8. The lowest BCUT2D eigenvalue weighted by Crippen LogP contribution is -2.36. The summed E-state index contributed by atoms with van der Waals surface area (Å²) >= 11 is 1.51. The lowest BCUT2D eigenvalue weighted by Gasteiger charge is -2.15. The highest BCUT2D eigenvalue weighted by atomic mass is 32.1. The SMILES string of the molecule is Cc1cccc(C(=O)N/C(=C\c2cccs2)C(=O)NC[C@@H](C)c2ccccc2)c1. The summed E-state index contributed by atoms with van der Waals surface area (Å²) < 4.78 is 0. The average molecular weight is 405 g/mol. The van der Waals surface area contributed by atoms with Crippen LogP contribution in [0.1, 0.15) is 39.2 Å². The summed E-state index contributed by atoms with van der Waals surface area (Å²) in [7, 11) is 0. The Labute approximate surface area is 175 Å². The van der Waals surface area contributed by atoms with E-state index < -0.39 is 0 Å². The molecule has 0 saturated heterocycles. The minimum Gasteiger partial charge on any atom is -0.350 e. The molecule has 1 heterocycles. The fourth-order valence-electron chi connectivity index (χ4n) is 2.90. The van der Waals surface area contributed by atoms with Gasteiger partial charge in [0.1, 0.15) is 5.70 Å². The molecule has 1 aromatic heterocycles. The molecule has 0 aliphatic carbocycles. The number of rotatable bonds is 7. The zero-order valence-electron chi connectivity index (χ0n) is 16.5. The normalized spacial score (nSPS) is 12.3. The molecule has 0 radical (unpaired) electrons. The lowest BCUT2D eigenvalue weighted by atomic mass is 10.0. The predicted octanol–water partition coefficient (Wildman–Crippen LogP) is 4.75. The van der Waals surface area contributed by atoms with Gasteiger partial charge < -0.3 is 10.6 Å². The molecule has 0 bridgehead atoms. The first kappa shape index (κ1) is 20.6. The number of carbonyl (C=O) groups excluding carboxylic acids is 2. The molecule has 0 unspecified atom stereocenters. The van der Waals surface area contributed by atoms with Crippen LogP contribution in [0.15, 0.2) is 77.8 Å². The van der Waals surface area contributed by atoms with Crippen LogP contribution < -0.4 is 10.6 Å². The standard InChI is InChI=1S/C24H24N2O2S/c1-17-8-6-11-20(14-17)23(27)26-22(15-21-12-7-13-29-21)24(28)25-16-18(2)19-9-4-3-5-10-19/h3-15,18H,16H2,1-2H3,(H,25,28)(H,26,27)/b22-15-/t18-/m1/s1. The van der Waals surface area contributed by atoms with Crippen molar-refractivity contribution in [2.45, 2.75) is 19.8 Å². The van der Waals surface area contributed by atoms with Crippen molar-refractivity contribution in [3.63, 3.8) is 0 Å². The van der Waals surface area contributed by atoms with Crippen molar-refractivity contribution in [2.24, 2.45) is 0 Å². The highest BCUT2D eigenvalue weighted by Gasteiger charge is 2.16. The van der Waals surface area contributed by atoms with Crippen molar-refractivity contribution in [2.75, 3.05) is 6.54 Å². The Bertz CT molecular complexity index is 995. The van der Waals surface area contributed by atoms with Crippen LogP contribution in [-0.4, -0.2) is 18.4 Å². The summed E-state index contributed by atoms with van der Waals surface area (Å²) in [4.78, 5) is 26.4. The first-order chi connectivity index (χ1) is 14.0. The van der Waals surface area contributed by atoms with Crippen LogP contribution in [0.5, 0.6) is 0 Å². The van der Waals surface area contributed by atoms with Crippen molar-refractivity contribution < 1.29 is 9.59 Å². The van der Waals surface area contributed by atoms with Crippen LogP contribution in [0.3, 0.4) is 0 Å². The summed E-state index contributed by atoms with van der Waals surface area (Å²) in [5, 5.41) is 7.65. The molecule has 0 aliphatic rings. The van der Waals surface area contributed by atoms with Crippen LogP contribution in [0.2, 0.25) is 0 Å². The first-order valence-corrected chi connectivity index (χ1v) is 10.4. The molecule has 29 heavy (non-hydrogen) atoms. The molecule has 148 valence electrons. The fourth-order valence-corrected chi connectivity index (χ4v) is 3.55. The molecule has 0 spiro atoms. The summed E-state index contributed by atoms with van der Waals surface area (Å²) in [5.74, 6) is -0.444. The second-order valence-corrected chi connectivity index (χ2v) is 7.90. The van der Waals surface area contributed by atoms with E-state index in [1.807, 2.05) is 66.9 Å². The highest BCUT2D eigenvalue weighted by Crippen LogP contribution is 2.15. The maximum Gasteiger partial charge on any atom is 0.267 e. The molecule has 1 atom stereocenters. The van der Waals surface area contributed by atoms with Crippen LogP contribution in [-0.2, 0) is 4.79 Å². The van der Waals surface area contributed by atoms with E-state index in [0.717, 1.165) is 16.0 Å². The number of carbonyl (C=O) groups is 2. The van der Waals surface area contributed by atoms with Gasteiger partial charge in [-0.3, -0.25) is 9.59 Å².